The third-order valence-electron chi connectivity index (χ3n) is 2.07. The van der Waals surface area contributed by atoms with Crippen molar-refractivity contribution in [1.29, 1.82) is 0 Å². The molecule has 0 unspecified atom stereocenters. The van der Waals surface area contributed by atoms with Gasteiger partial charge in [0.2, 0.25) is 0 Å². The van der Waals surface area contributed by atoms with Crippen molar-refractivity contribution in [2.24, 2.45) is 0 Å². The highest BCUT2D eigenvalue weighted by molar-refractivity contribution is 5.58. The van der Waals surface area contributed by atoms with Crippen LogP contribution in [0.2, 0.25) is 0 Å². The number of hydrogen-bond donors (Lipinski definition) is 0. The largest absolute Gasteiger partial charge is 0.441 e. The van der Waals surface area contributed by atoms with E-state index in [2.05, 4.69) is 15.2 Å². The molecule has 0 saturated heterocycles. The highest BCUT2D eigenvalue weighted by Crippen LogP contribution is 2.22. The van der Waals surface area contributed by atoms with Gasteiger partial charge in [-0.2, -0.15) is 5.10 Å². The van der Waals surface area contributed by atoms with E-state index in [0.29, 0.717) is 5.76 Å². The average molecular weight is 189 g/mol. The molecule has 2 aromatic rings. The first-order valence-electron chi connectivity index (χ1n) is 4.40. The van der Waals surface area contributed by atoms with Gasteiger partial charge in [0.25, 0.3) is 0 Å². The summed E-state index contributed by atoms with van der Waals surface area (Å²) >= 11 is 0. The number of aryl methyl sites for hydroxylation is 3. The first kappa shape index (κ1) is 8.87. The first-order chi connectivity index (χ1) is 6.68. The predicted molar refractivity (Wildman–Crippen MR) is 51.7 cm³/mol. The summed E-state index contributed by atoms with van der Waals surface area (Å²) in [5, 5.41) is 8.10. The Kier molecular flexibility index (Phi) is 2.04. The van der Waals surface area contributed by atoms with Gasteiger partial charge in [0.1, 0.15) is 5.69 Å². The molecule has 4 nitrogen and oxygen atoms in total. The molecule has 0 aliphatic heterocycles. The Bertz CT molecular complexity index is 462. The summed E-state index contributed by atoms with van der Waals surface area (Å²) in [7, 11) is 0. The van der Waals surface area contributed by atoms with Crippen LogP contribution in [0.25, 0.3) is 11.5 Å². The Morgan fingerprint density at radius 2 is 1.93 bits per heavy atom. The molecule has 2 rings (SSSR count). The second kappa shape index (κ2) is 3.21. The van der Waals surface area contributed by atoms with Crippen molar-refractivity contribution in [3.8, 4) is 11.5 Å². The van der Waals surface area contributed by atoms with Crippen molar-refractivity contribution >= 4 is 0 Å². The van der Waals surface area contributed by atoms with Crippen LogP contribution in [-0.2, 0) is 0 Å². The highest BCUT2D eigenvalue weighted by Gasteiger charge is 2.11. The van der Waals surface area contributed by atoms with E-state index >= 15 is 0 Å². The van der Waals surface area contributed by atoms with Gasteiger partial charge in [0.15, 0.2) is 12.2 Å². The monoisotopic (exact) mass is 189 g/mol. The van der Waals surface area contributed by atoms with Gasteiger partial charge in [-0.25, -0.2) is 4.98 Å². The maximum Gasteiger partial charge on any atom is 0.181 e. The zero-order valence-corrected chi connectivity index (χ0v) is 8.40. The number of oxazole rings is 1. The van der Waals surface area contributed by atoms with Crippen molar-refractivity contribution in [1.82, 2.24) is 15.2 Å². The van der Waals surface area contributed by atoms with Crippen LogP contribution >= 0.6 is 0 Å². The molecule has 0 aromatic carbocycles. The molecule has 0 N–H and O–H groups in total. The van der Waals surface area contributed by atoms with Crippen LogP contribution in [0.4, 0.5) is 0 Å². The number of hydrogen-bond acceptors (Lipinski definition) is 4. The quantitative estimate of drug-likeness (QED) is 0.689. The molecule has 0 saturated carbocycles. The molecule has 0 aliphatic rings. The maximum absolute atomic E-state index is 5.26. The van der Waals surface area contributed by atoms with Crippen LogP contribution in [0.3, 0.4) is 0 Å². The van der Waals surface area contributed by atoms with Gasteiger partial charge < -0.3 is 4.42 Å². The molecule has 4 heteroatoms. The molecule has 0 radical (unpaired) electrons. The molecule has 2 heterocycles. The van der Waals surface area contributed by atoms with Crippen molar-refractivity contribution in [3.63, 3.8) is 0 Å². The van der Waals surface area contributed by atoms with E-state index in [-0.39, 0.29) is 0 Å². The standard InChI is InChI=1S/C10H11N3O/c1-6-4-7(2)12-13-9(6)10-8(3)11-5-14-10/h4-5H,1-3H3. The second-order valence-electron chi connectivity index (χ2n) is 3.28. The van der Waals surface area contributed by atoms with Crippen molar-refractivity contribution in [2.45, 2.75) is 20.8 Å². The molecule has 2 aromatic heterocycles. The lowest BCUT2D eigenvalue weighted by molar-refractivity contribution is 0.567. The van der Waals surface area contributed by atoms with Gasteiger partial charge in [-0.1, -0.05) is 0 Å². The summed E-state index contributed by atoms with van der Waals surface area (Å²) < 4.78 is 5.26. The lowest BCUT2D eigenvalue weighted by Gasteiger charge is -2.01. The smallest absolute Gasteiger partial charge is 0.181 e. The molecule has 0 bridgehead atoms. The van der Waals surface area contributed by atoms with Crippen molar-refractivity contribution in [2.75, 3.05) is 0 Å². The summed E-state index contributed by atoms with van der Waals surface area (Å²) in [6.45, 7) is 5.79. The molecule has 0 atom stereocenters. The fourth-order valence-corrected chi connectivity index (χ4v) is 1.37. The number of aromatic nitrogens is 3. The highest BCUT2D eigenvalue weighted by atomic mass is 16.3. The summed E-state index contributed by atoms with van der Waals surface area (Å²) in [5.74, 6) is 0.704. The van der Waals surface area contributed by atoms with Crippen LogP contribution in [0.1, 0.15) is 17.0 Å². The van der Waals surface area contributed by atoms with Gasteiger partial charge in [-0.3, -0.25) is 0 Å². The number of rotatable bonds is 1. The normalized spacial score (nSPS) is 10.5. The molecule has 0 amide bonds. The van der Waals surface area contributed by atoms with E-state index in [1.807, 2.05) is 26.8 Å². The van der Waals surface area contributed by atoms with E-state index in [9.17, 15) is 0 Å². The van der Waals surface area contributed by atoms with Gasteiger partial charge in [0, 0.05) is 0 Å². The van der Waals surface area contributed by atoms with Gasteiger partial charge >= 0.3 is 0 Å². The summed E-state index contributed by atoms with van der Waals surface area (Å²) in [6.07, 6.45) is 1.42. The zero-order valence-electron chi connectivity index (χ0n) is 8.40. The summed E-state index contributed by atoms with van der Waals surface area (Å²) in [6, 6.07) is 1.98. The van der Waals surface area contributed by atoms with Crippen LogP contribution < -0.4 is 0 Å². The Morgan fingerprint density at radius 1 is 1.14 bits per heavy atom. The van der Waals surface area contributed by atoms with Crippen LogP contribution in [0, 0.1) is 20.8 Å². The molecule has 0 fully saturated rings. The third kappa shape index (κ3) is 1.39. The van der Waals surface area contributed by atoms with E-state index in [1.54, 1.807) is 0 Å². The Balaban J connectivity index is 2.58. The van der Waals surface area contributed by atoms with E-state index in [4.69, 9.17) is 4.42 Å². The van der Waals surface area contributed by atoms with Gasteiger partial charge in [-0.15, -0.1) is 5.10 Å². The molecule has 0 spiro atoms. The Hall–Kier alpha value is -1.71. The molecule has 0 aliphatic carbocycles. The van der Waals surface area contributed by atoms with Crippen molar-refractivity contribution < 1.29 is 4.42 Å². The van der Waals surface area contributed by atoms with E-state index in [0.717, 1.165) is 22.6 Å². The minimum absolute atomic E-state index is 0.704. The molecular weight excluding hydrogens is 178 g/mol. The first-order valence-corrected chi connectivity index (χ1v) is 4.40. The fraction of sp³-hybridized carbons (Fsp3) is 0.300. The molecular formula is C10H11N3O. The van der Waals surface area contributed by atoms with E-state index in [1.165, 1.54) is 6.39 Å². The molecule has 14 heavy (non-hydrogen) atoms. The van der Waals surface area contributed by atoms with Crippen LogP contribution in [0.15, 0.2) is 16.9 Å². The van der Waals surface area contributed by atoms with Crippen LogP contribution in [0.5, 0.6) is 0 Å². The minimum Gasteiger partial charge on any atom is -0.441 e. The van der Waals surface area contributed by atoms with Gasteiger partial charge in [-0.05, 0) is 32.4 Å². The maximum atomic E-state index is 5.26. The van der Waals surface area contributed by atoms with Crippen molar-refractivity contribution in [3.05, 3.63) is 29.4 Å². The van der Waals surface area contributed by atoms with E-state index < -0.39 is 0 Å². The lowest BCUT2D eigenvalue weighted by atomic mass is 10.1. The third-order valence-corrected chi connectivity index (χ3v) is 2.07. The summed E-state index contributed by atoms with van der Waals surface area (Å²) in [5.41, 5.74) is 3.57. The minimum atomic E-state index is 0.704. The predicted octanol–water partition coefficient (Wildman–Crippen LogP) is 2.06. The topological polar surface area (TPSA) is 51.8 Å². The number of nitrogens with zero attached hydrogens (tertiary/aromatic N) is 3. The Labute approximate surface area is 82.0 Å². The lowest BCUT2D eigenvalue weighted by Crippen LogP contribution is -1.94. The summed E-state index contributed by atoms with van der Waals surface area (Å²) in [4.78, 5) is 4.02. The average Bonchev–Trinajstić information content (AvgIpc) is 2.52. The molecule has 72 valence electrons. The van der Waals surface area contributed by atoms with Crippen LogP contribution in [-0.4, -0.2) is 15.2 Å². The zero-order chi connectivity index (χ0) is 10.1. The fourth-order valence-electron chi connectivity index (χ4n) is 1.37. The van der Waals surface area contributed by atoms with Gasteiger partial charge in [0.05, 0.1) is 11.4 Å². The second-order valence-corrected chi connectivity index (χ2v) is 3.28. The Morgan fingerprint density at radius 3 is 2.50 bits per heavy atom. The SMILES string of the molecule is Cc1cc(C)c(-c2ocnc2C)nn1.